The summed E-state index contributed by atoms with van der Waals surface area (Å²) < 4.78 is 2.17. The van der Waals surface area contributed by atoms with E-state index in [0.717, 1.165) is 41.6 Å². The third-order valence-corrected chi connectivity index (χ3v) is 7.45. The van der Waals surface area contributed by atoms with Crippen molar-refractivity contribution in [3.05, 3.63) is 59.0 Å². The molecule has 5 rings (SSSR count). The lowest BCUT2D eigenvalue weighted by Gasteiger charge is -2.35. The van der Waals surface area contributed by atoms with E-state index in [-0.39, 0.29) is 17.1 Å². The molecule has 32 heavy (non-hydrogen) atoms. The van der Waals surface area contributed by atoms with Crippen molar-refractivity contribution >= 4 is 34.9 Å². The van der Waals surface area contributed by atoms with Crippen LogP contribution < -0.4 is 5.32 Å². The van der Waals surface area contributed by atoms with Gasteiger partial charge in [-0.1, -0.05) is 0 Å². The molecule has 166 valence electrons. The van der Waals surface area contributed by atoms with Crippen molar-refractivity contribution in [2.24, 2.45) is 0 Å². The molecule has 1 unspecified atom stereocenters. The van der Waals surface area contributed by atoms with Crippen LogP contribution in [0.4, 0.5) is 5.69 Å². The summed E-state index contributed by atoms with van der Waals surface area (Å²) in [5.74, 6) is 0.00495. The highest BCUT2D eigenvalue weighted by Gasteiger charge is 2.27. The Balaban J connectivity index is 1.24. The van der Waals surface area contributed by atoms with Crippen LogP contribution >= 0.6 is 11.8 Å². The maximum Gasteiger partial charge on any atom is 0.254 e. The molecular formula is C24H27N5O2S. The number of anilines is 1. The second-order valence-corrected chi connectivity index (χ2v) is 9.99. The van der Waals surface area contributed by atoms with Crippen LogP contribution in [0.2, 0.25) is 0 Å². The number of fused-ring (bicyclic) bond motifs is 2. The van der Waals surface area contributed by atoms with E-state index in [0.29, 0.717) is 18.7 Å². The Morgan fingerprint density at radius 2 is 1.94 bits per heavy atom. The number of amides is 2. The highest BCUT2D eigenvalue weighted by Crippen LogP contribution is 2.36. The fraction of sp³-hybridized carbons (Fsp3) is 0.375. The van der Waals surface area contributed by atoms with Gasteiger partial charge in [-0.3, -0.25) is 14.5 Å². The number of rotatable bonds is 3. The van der Waals surface area contributed by atoms with Crippen molar-refractivity contribution < 1.29 is 9.59 Å². The fourth-order valence-corrected chi connectivity index (χ4v) is 5.28. The predicted molar refractivity (Wildman–Crippen MR) is 126 cm³/mol. The fourth-order valence-electron chi connectivity index (χ4n) is 4.35. The van der Waals surface area contributed by atoms with E-state index in [2.05, 4.69) is 46.8 Å². The van der Waals surface area contributed by atoms with Crippen LogP contribution in [0.5, 0.6) is 0 Å². The van der Waals surface area contributed by atoms with Gasteiger partial charge in [0.15, 0.2) is 0 Å². The van der Waals surface area contributed by atoms with Gasteiger partial charge in [0.1, 0.15) is 5.65 Å². The van der Waals surface area contributed by atoms with Crippen LogP contribution in [0.1, 0.15) is 34.2 Å². The van der Waals surface area contributed by atoms with E-state index in [1.165, 1.54) is 23.0 Å². The standard InChI is InChI=1S/C24H27N5O2S/c1-15-6-7-29-20(16(2)25-22(29)12-15)14-27-8-10-28(11-9-27)24(31)18-4-5-21-19(13-18)26-23(30)17(3)32-21/h4-7,12-13,17H,8-11,14H2,1-3H3,(H,26,30). The molecule has 3 aromatic rings. The van der Waals surface area contributed by atoms with Crippen LogP contribution in [0, 0.1) is 13.8 Å². The molecule has 2 aliphatic rings. The summed E-state index contributed by atoms with van der Waals surface area (Å²) in [5.41, 5.74) is 5.81. The monoisotopic (exact) mass is 449 g/mol. The highest BCUT2D eigenvalue weighted by molar-refractivity contribution is 8.00. The molecule has 1 aromatic carbocycles. The predicted octanol–water partition coefficient (Wildman–Crippen LogP) is 3.34. The van der Waals surface area contributed by atoms with Crippen LogP contribution in [-0.4, -0.2) is 62.4 Å². The van der Waals surface area contributed by atoms with E-state index >= 15 is 0 Å². The Kier molecular flexibility index (Phi) is 5.43. The molecule has 8 heteroatoms. The summed E-state index contributed by atoms with van der Waals surface area (Å²) in [6.45, 7) is 9.85. The number of carbonyl (C=O) groups is 2. The third kappa shape index (κ3) is 3.89. The Bertz CT molecular complexity index is 1210. The summed E-state index contributed by atoms with van der Waals surface area (Å²) in [6, 6.07) is 9.83. The number of carbonyl (C=O) groups excluding carboxylic acids is 2. The van der Waals surface area contributed by atoms with Gasteiger partial charge in [-0.2, -0.15) is 0 Å². The topological polar surface area (TPSA) is 70.0 Å². The van der Waals surface area contributed by atoms with Crippen molar-refractivity contribution in [2.75, 3.05) is 31.5 Å². The molecule has 2 aromatic heterocycles. The summed E-state index contributed by atoms with van der Waals surface area (Å²) in [5, 5.41) is 2.80. The lowest BCUT2D eigenvalue weighted by atomic mass is 10.1. The first-order chi connectivity index (χ1) is 15.4. The number of hydrogen-bond donors (Lipinski definition) is 1. The number of nitrogens with zero attached hydrogens (tertiary/aromatic N) is 4. The van der Waals surface area contributed by atoms with Crippen LogP contribution in [0.25, 0.3) is 5.65 Å². The summed E-state index contributed by atoms with van der Waals surface area (Å²) in [4.78, 5) is 35.1. The molecule has 0 aliphatic carbocycles. The van der Waals surface area contributed by atoms with E-state index in [1.54, 1.807) is 0 Å². The average Bonchev–Trinajstić information content (AvgIpc) is 3.08. The quantitative estimate of drug-likeness (QED) is 0.664. The number of benzene rings is 1. The molecule has 1 N–H and O–H groups in total. The van der Waals surface area contributed by atoms with Crippen LogP contribution in [0.3, 0.4) is 0 Å². The van der Waals surface area contributed by atoms with Crippen molar-refractivity contribution in [1.29, 1.82) is 0 Å². The minimum absolute atomic E-state index is 0.0152. The maximum absolute atomic E-state index is 13.1. The van der Waals surface area contributed by atoms with Gasteiger partial charge in [0.2, 0.25) is 5.91 Å². The zero-order valence-electron chi connectivity index (χ0n) is 18.6. The molecule has 4 heterocycles. The van der Waals surface area contributed by atoms with Crippen LogP contribution in [0.15, 0.2) is 41.4 Å². The van der Waals surface area contributed by atoms with Crippen LogP contribution in [-0.2, 0) is 11.3 Å². The molecule has 1 fully saturated rings. The second-order valence-electron chi connectivity index (χ2n) is 8.60. The van der Waals surface area contributed by atoms with Gasteiger partial charge in [0.25, 0.3) is 5.91 Å². The molecule has 0 saturated carbocycles. The molecule has 1 saturated heterocycles. The molecule has 1 atom stereocenters. The summed E-state index contributed by atoms with van der Waals surface area (Å²) in [7, 11) is 0. The number of pyridine rings is 1. The number of aromatic nitrogens is 2. The van der Waals surface area contributed by atoms with Gasteiger partial charge < -0.3 is 14.6 Å². The lowest BCUT2D eigenvalue weighted by molar-refractivity contribution is -0.115. The molecule has 0 spiro atoms. The number of piperazine rings is 1. The first kappa shape index (κ1) is 21.0. The van der Waals surface area contributed by atoms with Gasteiger partial charge in [-0.25, -0.2) is 4.98 Å². The van der Waals surface area contributed by atoms with Crippen molar-refractivity contribution in [3.63, 3.8) is 0 Å². The lowest BCUT2D eigenvalue weighted by Crippen LogP contribution is -2.48. The second kappa shape index (κ2) is 8.26. The Morgan fingerprint density at radius 1 is 1.16 bits per heavy atom. The van der Waals surface area contributed by atoms with Gasteiger partial charge in [0, 0.05) is 49.4 Å². The first-order valence-corrected chi connectivity index (χ1v) is 11.8. The van der Waals surface area contributed by atoms with Crippen molar-refractivity contribution in [3.8, 4) is 0 Å². The first-order valence-electron chi connectivity index (χ1n) is 11.0. The molecule has 2 aliphatic heterocycles. The zero-order chi connectivity index (χ0) is 22.4. The Morgan fingerprint density at radius 3 is 2.72 bits per heavy atom. The Labute approximate surface area is 191 Å². The maximum atomic E-state index is 13.1. The van der Waals surface area contributed by atoms with Crippen molar-refractivity contribution in [2.45, 2.75) is 37.5 Å². The highest BCUT2D eigenvalue weighted by atomic mass is 32.2. The van der Waals surface area contributed by atoms with E-state index in [4.69, 9.17) is 4.98 Å². The SMILES string of the molecule is Cc1ccn2c(CN3CCN(C(=O)c4ccc5c(c4)NC(=O)C(C)S5)CC3)c(C)nc2c1. The molecule has 0 bridgehead atoms. The summed E-state index contributed by atoms with van der Waals surface area (Å²) in [6.07, 6.45) is 2.09. The zero-order valence-corrected chi connectivity index (χ0v) is 19.4. The van der Waals surface area contributed by atoms with Gasteiger partial charge in [-0.05, 0) is 56.7 Å². The van der Waals surface area contributed by atoms with Gasteiger partial charge in [0.05, 0.1) is 22.3 Å². The van der Waals surface area contributed by atoms with Gasteiger partial charge in [-0.15, -0.1) is 11.8 Å². The van der Waals surface area contributed by atoms with Crippen molar-refractivity contribution in [1.82, 2.24) is 19.2 Å². The Hall–Kier alpha value is -2.84. The smallest absolute Gasteiger partial charge is 0.254 e. The molecule has 0 radical (unpaired) electrons. The number of imidazole rings is 1. The van der Waals surface area contributed by atoms with E-state index in [9.17, 15) is 9.59 Å². The number of hydrogen-bond acceptors (Lipinski definition) is 5. The largest absolute Gasteiger partial charge is 0.336 e. The minimum Gasteiger partial charge on any atom is -0.336 e. The normalized spacial score (nSPS) is 19.2. The minimum atomic E-state index is -0.113. The molecule has 2 amide bonds. The summed E-state index contributed by atoms with van der Waals surface area (Å²) >= 11 is 1.53. The molecular weight excluding hydrogens is 422 g/mol. The number of thioether (sulfide) groups is 1. The van der Waals surface area contributed by atoms with E-state index < -0.39 is 0 Å². The number of nitrogens with one attached hydrogen (secondary N) is 1. The van der Waals surface area contributed by atoms with E-state index in [1.807, 2.05) is 30.0 Å². The third-order valence-electron chi connectivity index (χ3n) is 6.27. The van der Waals surface area contributed by atoms with Gasteiger partial charge >= 0.3 is 0 Å². The number of aryl methyl sites for hydroxylation is 2. The molecule has 7 nitrogen and oxygen atoms in total. The average molecular weight is 450 g/mol.